The number of nitrogens with zero attached hydrogens (tertiary/aromatic N) is 3. The van der Waals surface area contributed by atoms with E-state index in [-0.39, 0.29) is 5.78 Å². The molecule has 0 spiro atoms. The SMILES string of the molecule is Cc1ccc(CCN2CCN(c3nsc4ccccc34)CC2)c2c1CC(=O)CN2. The second-order valence-electron chi connectivity index (χ2n) is 8.05. The number of ketones is 1. The first kappa shape index (κ1) is 18.6. The van der Waals surface area contributed by atoms with E-state index in [0.717, 1.165) is 45.0 Å². The first-order valence-electron chi connectivity index (χ1n) is 10.4. The summed E-state index contributed by atoms with van der Waals surface area (Å²) in [6, 6.07) is 12.9. The largest absolute Gasteiger partial charge is 0.377 e. The molecule has 1 saturated heterocycles. The molecule has 29 heavy (non-hydrogen) atoms. The maximum Gasteiger partial charge on any atom is 0.156 e. The van der Waals surface area contributed by atoms with Gasteiger partial charge in [-0.1, -0.05) is 24.3 Å². The normalized spacial score (nSPS) is 17.4. The fraction of sp³-hybridized carbons (Fsp3) is 0.391. The topological polar surface area (TPSA) is 48.5 Å². The lowest BCUT2D eigenvalue weighted by molar-refractivity contribution is -0.117. The van der Waals surface area contributed by atoms with Crippen LogP contribution in [0.2, 0.25) is 0 Å². The fourth-order valence-corrected chi connectivity index (χ4v) is 5.26. The average molecular weight is 407 g/mol. The van der Waals surface area contributed by atoms with Gasteiger partial charge in [0.2, 0.25) is 0 Å². The Balaban J connectivity index is 1.22. The number of anilines is 2. The van der Waals surface area contributed by atoms with E-state index in [1.807, 2.05) is 0 Å². The highest BCUT2D eigenvalue weighted by atomic mass is 32.1. The number of benzene rings is 2. The highest BCUT2D eigenvalue weighted by molar-refractivity contribution is 7.13. The number of hydrogen-bond donors (Lipinski definition) is 1. The first-order valence-corrected chi connectivity index (χ1v) is 11.1. The Morgan fingerprint density at radius 1 is 1.10 bits per heavy atom. The van der Waals surface area contributed by atoms with Crippen LogP contribution in [-0.2, 0) is 17.6 Å². The number of rotatable bonds is 4. The summed E-state index contributed by atoms with van der Waals surface area (Å²) in [5.74, 6) is 1.43. The Labute approximate surface area is 175 Å². The zero-order chi connectivity index (χ0) is 19.8. The van der Waals surface area contributed by atoms with Crippen LogP contribution in [0.3, 0.4) is 0 Å². The lowest BCUT2D eigenvalue weighted by atomic mass is 9.93. The molecule has 0 radical (unpaired) electrons. The zero-order valence-electron chi connectivity index (χ0n) is 16.8. The van der Waals surface area contributed by atoms with Gasteiger partial charge in [0.15, 0.2) is 5.78 Å². The highest BCUT2D eigenvalue weighted by Gasteiger charge is 2.22. The number of aryl methyl sites for hydroxylation is 1. The number of carbonyl (C=O) groups is 1. The third kappa shape index (κ3) is 3.63. The molecule has 1 fully saturated rings. The predicted molar refractivity (Wildman–Crippen MR) is 120 cm³/mol. The van der Waals surface area contributed by atoms with Crippen molar-refractivity contribution < 1.29 is 4.79 Å². The molecule has 3 heterocycles. The molecule has 150 valence electrons. The van der Waals surface area contributed by atoms with Crippen molar-refractivity contribution in [2.45, 2.75) is 19.8 Å². The number of piperazine rings is 1. The molecule has 0 aliphatic carbocycles. The molecule has 1 aromatic heterocycles. The molecule has 2 aromatic carbocycles. The Morgan fingerprint density at radius 2 is 1.93 bits per heavy atom. The molecule has 3 aromatic rings. The van der Waals surface area contributed by atoms with E-state index in [1.165, 1.54) is 32.5 Å². The van der Waals surface area contributed by atoms with Crippen LogP contribution in [0.4, 0.5) is 11.5 Å². The fourth-order valence-electron chi connectivity index (χ4n) is 4.47. The van der Waals surface area contributed by atoms with E-state index in [2.05, 4.69) is 58.4 Å². The summed E-state index contributed by atoms with van der Waals surface area (Å²) in [5.41, 5.74) is 4.95. The summed E-state index contributed by atoms with van der Waals surface area (Å²) in [6.45, 7) is 7.78. The van der Waals surface area contributed by atoms with Crippen LogP contribution in [0.15, 0.2) is 36.4 Å². The van der Waals surface area contributed by atoms with Gasteiger partial charge in [0, 0.05) is 50.2 Å². The van der Waals surface area contributed by atoms with E-state index >= 15 is 0 Å². The summed E-state index contributed by atoms with van der Waals surface area (Å²) in [4.78, 5) is 16.8. The summed E-state index contributed by atoms with van der Waals surface area (Å²) in [7, 11) is 0. The monoisotopic (exact) mass is 406 g/mol. The molecule has 0 unspecified atom stereocenters. The van der Waals surface area contributed by atoms with Crippen molar-refractivity contribution in [2.75, 3.05) is 49.5 Å². The van der Waals surface area contributed by atoms with Crippen molar-refractivity contribution in [1.82, 2.24) is 9.27 Å². The van der Waals surface area contributed by atoms with Gasteiger partial charge in [0.05, 0.1) is 11.2 Å². The van der Waals surface area contributed by atoms with Gasteiger partial charge in [-0.05, 0) is 53.7 Å². The van der Waals surface area contributed by atoms with Crippen molar-refractivity contribution >= 4 is 38.9 Å². The minimum Gasteiger partial charge on any atom is -0.377 e. The van der Waals surface area contributed by atoms with Crippen LogP contribution in [0, 0.1) is 6.92 Å². The molecule has 5 rings (SSSR count). The van der Waals surface area contributed by atoms with E-state index in [4.69, 9.17) is 4.37 Å². The smallest absolute Gasteiger partial charge is 0.156 e. The molecular weight excluding hydrogens is 380 g/mol. The molecule has 5 nitrogen and oxygen atoms in total. The van der Waals surface area contributed by atoms with Crippen molar-refractivity contribution in [1.29, 1.82) is 0 Å². The standard InChI is InChI=1S/C23H26N4OS/c1-16-6-7-17(22-20(16)14-18(28)15-24-22)8-9-26-10-12-27(13-11-26)23-19-4-2-3-5-21(19)29-25-23/h2-7,24H,8-15H2,1H3. The van der Waals surface area contributed by atoms with Crippen molar-refractivity contribution in [3.05, 3.63) is 53.1 Å². The zero-order valence-corrected chi connectivity index (χ0v) is 17.6. The average Bonchev–Trinajstić information content (AvgIpc) is 3.18. The van der Waals surface area contributed by atoms with Gasteiger partial charge in [0.1, 0.15) is 5.82 Å². The molecule has 0 atom stereocenters. The minimum atomic E-state index is 0.281. The summed E-state index contributed by atoms with van der Waals surface area (Å²) < 4.78 is 5.98. The molecule has 6 heteroatoms. The molecule has 2 aliphatic rings. The Hall–Kier alpha value is -2.44. The molecular formula is C23H26N4OS. The Kier molecular flexibility index (Phi) is 4.97. The van der Waals surface area contributed by atoms with Crippen molar-refractivity contribution in [3.63, 3.8) is 0 Å². The molecule has 0 bridgehead atoms. The maximum atomic E-state index is 11.8. The van der Waals surface area contributed by atoms with Crippen LogP contribution < -0.4 is 10.2 Å². The van der Waals surface area contributed by atoms with Gasteiger partial charge in [-0.15, -0.1) is 0 Å². The van der Waals surface area contributed by atoms with Crippen LogP contribution in [0.1, 0.15) is 16.7 Å². The van der Waals surface area contributed by atoms with Crippen LogP contribution in [-0.4, -0.2) is 54.3 Å². The molecule has 2 aliphatic heterocycles. The van der Waals surface area contributed by atoms with Crippen molar-refractivity contribution in [3.8, 4) is 0 Å². The van der Waals surface area contributed by atoms with Gasteiger partial charge in [-0.3, -0.25) is 9.69 Å². The van der Waals surface area contributed by atoms with E-state index in [9.17, 15) is 4.79 Å². The van der Waals surface area contributed by atoms with Gasteiger partial charge in [-0.25, -0.2) is 0 Å². The third-order valence-corrected chi connectivity index (χ3v) is 7.01. The lowest BCUT2D eigenvalue weighted by Crippen LogP contribution is -2.47. The highest BCUT2D eigenvalue weighted by Crippen LogP contribution is 2.31. The van der Waals surface area contributed by atoms with E-state index in [1.54, 1.807) is 11.5 Å². The van der Waals surface area contributed by atoms with Gasteiger partial charge in [-0.2, -0.15) is 4.37 Å². The number of fused-ring (bicyclic) bond motifs is 2. The first-order chi connectivity index (χ1) is 14.2. The number of hydrogen-bond acceptors (Lipinski definition) is 6. The second kappa shape index (κ2) is 7.76. The minimum absolute atomic E-state index is 0.281. The summed E-state index contributed by atoms with van der Waals surface area (Å²) >= 11 is 1.59. The number of aromatic nitrogens is 1. The number of Topliss-reactive ketones (excluding diaryl/α,β-unsaturated/α-hetero) is 1. The van der Waals surface area contributed by atoms with Gasteiger partial charge >= 0.3 is 0 Å². The lowest BCUT2D eigenvalue weighted by Gasteiger charge is -2.35. The van der Waals surface area contributed by atoms with Crippen LogP contribution in [0.5, 0.6) is 0 Å². The van der Waals surface area contributed by atoms with Gasteiger partial charge < -0.3 is 10.2 Å². The molecule has 0 saturated carbocycles. The van der Waals surface area contributed by atoms with Crippen LogP contribution in [0.25, 0.3) is 10.1 Å². The Bertz CT molecular complexity index is 1050. The maximum absolute atomic E-state index is 11.8. The third-order valence-electron chi connectivity index (χ3n) is 6.20. The predicted octanol–water partition coefficient (Wildman–Crippen LogP) is 3.51. The summed E-state index contributed by atoms with van der Waals surface area (Å²) in [6.07, 6.45) is 1.59. The Morgan fingerprint density at radius 3 is 2.79 bits per heavy atom. The second-order valence-corrected chi connectivity index (χ2v) is 8.85. The van der Waals surface area contributed by atoms with E-state index in [0.29, 0.717) is 13.0 Å². The number of nitrogens with one attached hydrogen (secondary N) is 1. The quantitative estimate of drug-likeness (QED) is 0.719. The van der Waals surface area contributed by atoms with E-state index < -0.39 is 0 Å². The van der Waals surface area contributed by atoms with Crippen LogP contribution >= 0.6 is 11.5 Å². The number of carbonyl (C=O) groups excluding carboxylic acids is 1. The molecule has 1 N–H and O–H groups in total. The van der Waals surface area contributed by atoms with Crippen molar-refractivity contribution in [2.24, 2.45) is 0 Å². The molecule has 0 amide bonds. The van der Waals surface area contributed by atoms with Gasteiger partial charge in [0.25, 0.3) is 0 Å². The summed E-state index contributed by atoms with van der Waals surface area (Å²) in [5, 5.41) is 4.64.